The number of aromatic nitrogens is 2. The quantitative estimate of drug-likeness (QED) is 0.441. The van der Waals surface area contributed by atoms with Crippen LogP contribution in [0.2, 0.25) is 5.02 Å². The van der Waals surface area contributed by atoms with Crippen LogP contribution in [0.25, 0.3) is 0 Å². The van der Waals surface area contributed by atoms with Crippen LogP contribution in [0.1, 0.15) is 49.7 Å². The maximum atomic E-state index is 12.1. The van der Waals surface area contributed by atoms with Crippen LogP contribution in [-0.4, -0.2) is 22.7 Å². The van der Waals surface area contributed by atoms with E-state index in [1.165, 1.54) is 16.9 Å². The van der Waals surface area contributed by atoms with Crippen molar-refractivity contribution in [3.63, 3.8) is 0 Å². The molecule has 0 fully saturated rings. The second kappa shape index (κ2) is 10.0. The molecule has 0 radical (unpaired) electrons. The number of hydrogen-bond acceptors (Lipinski definition) is 5. The number of carbonyl (C=O) groups is 1. The lowest BCUT2D eigenvalue weighted by Gasteiger charge is -2.19. The van der Waals surface area contributed by atoms with Gasteiger partial charge in [-0.3, -0.25) is 4.79 Å². The van der Waals surface area contributed by atoms with E-state index in [1.807, 2.05) is 36.4 Å². The van der Waals surface area contributed by atoms with Crippen LogP contribution in [0.15, 0.2) is 48.5 Å². The van der Waals surface area contributed by atoms with E-state index in [2.05, 4.69) is 48.4 Å². The Bertz CT molecular complexity index is 963. The summed E-state index contributed by atoms with van der Waals surface area (Å²) < 4.78 is 5.74. The zero-order valence-corrected chi connectivity index (χ0v) is 19.0. The summed E-state index contributed by atoms with van der Waals surface area (Å²) in [6.45, 7) is 7.03. The number of carbonyl (C=O) groups excluding carboxylic acids is 1. The molecule has 0 atom stereocenters. The molecule has 7 heteroatoms. The first-order chi connectivity index (χ1) is 14.3. The largest absolute Gasteiger partial charge is 0.494 e. The lowest BCUT2D eigenvalue weighted by molar-refractivity contribution is -0.116. The number of hydrogen-bond donors (Lipinski definition) is 1. The maximum absolute atomic E-state index is 12.1. The number of anilines is 1. The molecule has 0 bridgehead atoms. The van der Waals surface area contributed by atoms with Gasteiger partial charge in [0.25, 0.3) is 0 Å². The Morgan fingerprint density at radius 1 is 1.07 bits per heavy atom. The van der Waals surface area contributed by atoms with Gasteiger partial charge in [0.1, 0.15) is 10.8 Å². The summed E-state index contributed by atoms with van der Waals surface area (Å²) in [5.74, 6) is 0.732. The molecule has 1 heterocycles. The average molecular weight is 444 g/mol. The molecular weight excluding hydrogens is 418 g/mol. The van der Waals surface area contributed by atoms with Crippen molar-refractivity contribution in [3.05, 3.63) is 69.7 Å². The Labute approximate surface area is 186 Å². The summed E-state index contributed by atoms with van der Waals surface area (Å²) >= 11 is 7.28. The molecule has 0 aliphatic rings. The Balaban J connectivity index is 1.39. The van der Waals surface area contributed by atoms with Crippen LogP contribution >= 0.6 is 22.9 Å². The number of ether oxygens (including phenoxy) is 1. The van der Waals surface area contributed by atoms with Crippen LogP contribution in [0.4, 0.5) is 5.13 Å². The van der Waals surface area contributed by atoms with E-state index in [9.17, 15) is 4.79 Å². The normalized spacial score (nSPS) is 11.3. The van der Waals surface area contributed by atoms with E-state index in [-0.39, 0.29) is 11.3 Å². The maximum Gasteiger partial charge on any atom is 0.226 e. The fraction of sp³-hybridized carbons (Fsp3) is 0.348. The second-order valence-corrected chi connectivity index (χ2v) is 9.58. The lowest BCUT2D eigenvalue weighted by atomic mass is 9.87. The first kappa shape index (κ1) is 22.2. The van der Waals surface area contributed by atoms with Crippen LogP contribution in [-0.2, 0) is 16.6 Å². The predicted octanol–water partition coefficient (Wildman–Crippen LogP) is 5.88. The SMILES string of the molecule is CC(C)(C)c1ccc(OCCCC(=O)Nc2nnc(Cc3ccc(Cl)cc3)s2)cc1. The third-order valence-corrected chi connectivity index (χ3v) is 5.61. The van der Waals surface area contributed by atoms with Gasteiger partial charge in [-0.1, -0.05) is 68.0 Å². The van der Waals surface area contributed by atoms with Gasteiger partial charge in [-0.2, -0.15) is 0 Å². The molecule has 0 spiro atoms. The number of nitrogens with zero attached hydrogens (tertiary/aromatic N) is 2. The van der Waals surface area contributed by atoms with E-state index < -0.39 is 0 Å². The molecule has 0 saturated carbocycles. The predicted molar refractivity (Wildman–Crippen MR) is 123 cm³/mol. The smallest absolute Gasteiger partial charge is 0.226 e. The molecule has 1 amide bonds. The van der Waals surface area contributed by atoms with Gasteiger partial charge in [0, 0.05) is 17.9 Å². The van der Waals surface area contributed by atoms with Gasteiger partial charge >= 0.3 is 0 Å². The molecule has 3 rings (SSSR count). The van der Waals surface area contributed by atoms with E-state index in [0.29, 0.717) is 36.0 Å². The van der Waals surface area contributed by atoms with Gasteiger partial charge in [0.2, 0.25) is 11.0 Å². The van der Waals surface area contributed by atoms with Gasteiger partial charge in [-0.25, -0.2) is 0 Å². The van der Waals surface area contributed by atoms with E-state index >= 15 is 0 Å². The number of halogens is 1. The third-order valence-electron chi connectivity index (χ3n) is 4.52. The molecule has 30 heavy (non-hydrogen) atoms. The Morgan fingerprint density at radius 3 is 2.43 bits per heavy atom. The van der Waals surface area contributed by atoms with Crippen molar-refractivity contribution in [3.8, 4) is 5.75 Å². The highest BCUT2D eigenvalue weighted by Crippen LogP contribution is 2.24. The third kappa shape index (κ3) is 6.82. The van der Waals surface area contributed by atoms with Crippen LogP contribution in [0.5, 0.6) is 5.75 Å². The van der Waals surface area contributed by atoms with Gasteiger partial charge < -0.3 is 10.1 Å². The lowest BCUT2D eigenvalue weighted by Crippen LogP contribution is -2.13. The van der Waals surface area contributed by atoms with E-state index in [4.69, 9.17) is 16.3 Å². The van der Waals surface area contributed by atoms with Crippen molar-refractivity contribution < 1.29 is 9.53 Å². The minimum absolute atomic E-state index is 0.0872. The Kier molecular flexibility index (Phi) is 7.45. The van der Waals surface area contributed by atoms with Gasteiger partial charge in [0.15, 0.2) is 0 Å². The average Bonchev–Trinajstić information content (AvgIpc) is 3.13. The minimum atomic E-state index is -0.0872. The molecule has 1 aromatic heterocycles. The fourth-order valence-corrected chi connectivity index (χ4v) is 3.72. The molecule has 2 aromatic carbocycles. The summed E-state index contributed by atoms with van der Waals surface area (Å²) in [5.41, 5.74) is 2.48. The monoisotopic (exact) mass is 443 g/mol. The number of benzene rings is 2. The zero-order chi connectivity index (χ0) is 21.6. The minimum Gasteiger partial charge on any atom is -0.494 e. The van der Waals surface area contributed by atoms with E-state index in [1.54, 1.807) is 0 Å². The van der Waals surface area contributed by atoms with Crippen molar-refractivity contribution in [2.45, 2.75) is 45.4 Å². The van der Waals surface area contributed by atoms with Gasteiger partial charge in [-0.15, -0.1) is 10.2 Å². The molecular formula is C23H26ClN3O2S. The number of rotatable bonds is 8. The zero-order valence-electron chi connectivity index (χ0n) is 17.4. The highest BCUT2D eigenvalue weighted by molar-refractivity contribution is 7.15. The molecule has 0 aliphatic carbocycles. The van der Waals surface area contributed by atoms with Crippen molar-refractivity contribution in [2.24, 2.45) is 0 Å². The standard InChI is InChI=1S/C23H26ClN3O2S/c1-23(2,3)17-8-12-19(13-9-17)29-14-4-5-20(28)25-22-27-26-21(30-22)15-16-6-10-18(24)11-7-16/h6-13H,4-5,14-15H2,1-3H3,(H,25,27,28). The van der Waals surface area contributed by atoms with Crippen LogP contribution in [0, 0.1) is 0 Å². The number of amides is 1. The molecule has 158 valence electrons. The van der Waals surface area contributed by atoms with E-state index in [0.717, 1.165) is 16.3 Å². The molecule has 1 N–H and O–H groups in total. The molecule has 5 nitrogen and oxygen atoms in total. The van der Waals surface area contributed by atoms with Crippen molar-refractivity contribution in [1.29, 1.82) is 0 Å². The highest BCUT2D eigenvalue weighted by Gasteiger charge is 2.13. The summed E-state index contributed by atoms with van der Waals surface area (Å²) in [6, 6.07) is 15.7. The molecule has 0 unspecified atom stereocenters. The second-order valence-electron chi connectivity index (χ2n) is 8.08. The first-order valence-corrected chi connectivity index (χ1v) is 11.1. The van der Waals surface area contributed by atoms with Crippen LogP contribution < -0.4 is 10.1 Å². The number of nitrogens with one attached hydrogen (secondary N) is 1. The Morgan fingerprint density at radius 2 is 1.77 bits per heavy atom. The van der Waals surface area contributed by atoms with Crippen molar-refractivity contribution >= 4 is 34.0 Å². The summed E-state index contributed by atoms with van der Waals surface area (Å²) in [4.78, 5) is 12.1. The molecule has 3 aromatic rings. The first-order valence-electron chi connectivity index (χ1n) is 9.89. The van der Waals surface area contributed by atoms with Gasteiger partial charge in [0.05, 0.1) is 6.61 Å². The fourth-order valence-electron chi connectivity index (χ4n) is 2.81. The summed E-state index contributed by atoms with van der Waals surface area (Å²) in [7, 11) is 0. The summed E-state index contributed by atoms with van der Waals surface area (Å²) in [5, 5.41) is 13.1. The van der Waals surface area contributed by atoms with Crippen molar-refractivity contribution in [2.75, 3.05) is 11.9 Å². The topological polar surface area (TPSA) is 64.1 Å². The van der Waals surface area contributed by atoms with Gasteiger partial charge in [-0.05, 0) is 47.2 Å². The Hall–Kier alpha value is -2.44. The summed E-state index contributed by atoms with van der Waals surface area (Å²) in [6.07, 6.45) is 1.65. The van der Waals surface area contributed by atoms with Crippen molar-refractivity contribution in [1.82, 2.24) is 10.2 Å². The molecule has 0 aliphatic heterocycles. The highest BCUT2D eigenvalue weighted by atomic mass is 35.5. The molecule has 0 saturated heterocycles. The van der Waals surface area contributed by atoms with Crippen LogP contribution in [0.3, 0.4) is 0 Å².